The van der Waals surface area contributed by atoms with Gasteiger partial charge in [-0.2, -0.15) is 0 Å². The van der Waals surface area contributed by atoms with Gasteiger partial charge in [-0.3, -0.25) is 9.78 Å². The summed E-state index contributed by atoms with van der Waals surface area (Å²) in [6.07, 6.45) is 4.03. The monoisotopic (exact) mass is 262 g/mol. The van der Waals surface area contributed by atoms with E-state index in [1.165, 1.54) is 12.8 Å². The topological polar surface area (TPSA) is 71.2 Å². The SMILES string of the molecule is CN1CCCC(CNC(=O)c2ccnc(CN)c2)C1. The molecule has 3 N–H and O–H groups in total. The van der Waals surface area contributed by atoms with Crippen LogP contribution >= 0.6 is 0 Å². The summed E-state index contributed by atoms with van der Waals surface area (Å²) in [6.45, 7) is 3.32. The molecule has 1 fully saturated rings. The minimum absolute atomic E-state index is 0.0367. The molecule has 0 spiro atoms. The Morgan fingerprint density at radius 3 is 3.21 bits per heavy atom. The van der Waals surface area contributed by atoms with E-state index in [9.17, 15) is 4.79 Å². The molecule has 0 saturated carbocycles. The molecule has 1 saturated heterocycles. The highest BCUT2D eigenvalue weighted by molar-refractivity contribution is 5.94. The number of hydrogen-bond acceptors (Lipinski definition) is 4. The van der Waals surface area contributed by atoms with Crippen LogP contribution in [0.4, 0.5) is 0 Å². The molecular formula is C14H22N4O. The number of piperidine rings is 1. The second-order valence-corrected chi connectivity index (χ2v) is 5.22. The van der Waals surface area contributed by atoms with Gasteiger partial charge in [-0.1, -0.05) is 0 Å². The van der Waals surface area contributed by atoms with Crippen LogP contribution in [0.5, 0.6) is 0 Å². The standard InChI is InChI=1S/C14H22N4O/c1-18-6-2-3-11(10-18)9-17-14(19)12-4-5-16-13(7-12)8-15/h4-5,7,11H,2-3,6,8-10,15H2,1H3,(H,17,19). The van der Waals surface area contributed by atoms with E-state index < -0.39 is 0 Å². The van der Waals surface area contributed by atoms with Gasteiger partial charge in [0.2, 0.25) is 0 Å². The maximum Gasteiger partial charge on any atom is 0.251 e. The largest absolute Gasteiger partial charge is 0.352 e. The molecule has 19 heavy (non-hydrogen) atoms. The van der Waals surface area contributed by atoms with E-state index in [0.29, 0.717) is 18.0 Å². The summed E-state index contributed by atoms with van der Waals surface area (Å²) < 4.78 is 0. The summed E-state index contributed by atoms with van der Waals surface area (Å²) in [6, 6.07) is 3.48. The number of nitrogens with zero attached hydrogens (tertiary/aromatic N) is 2. The van der Waals surface area contributed by atoms with Crippen molar-refractivity contribution in [1.82, 2.24) is 15.2 Å². The Kier molecular flexibility index (Phi) is 4.87. The lowest BCUT2D eigenvalue weighted by Crippen LogP contribution is -2.39. The molecule has 1 unspecified atom stereocenters. The molecule has 1 aromatic rings. The Morgan fingerprint density at radius 1 is 1.63 bits per heavy atom. The van der Waals surface area contributed by atoms with Crippen LogP contribution in [0, 0.1) is 5.92 Å². The molecule has 1 amide bonds. The number of aromatic nitrogens is 1. The zero-order valence-corrected chi connectivity index (χ0v) is 11.4. The second kappa shape index (κ2) is 6.63. The molecule has 5 heteroatoms. The number of rotatable bonds is 4. The van der Waals surface area contributed by atoms with Crippen LogP contribution in [0.25, 0.3) is 0 Å². The van der Waals surface area contributed by atoms with Crippen molar-refractivity contribution in [2.45, 2.75) is 19.4 Å². The van der Waals surface area contributed by atoms with Gasteiger partial charge in [0, 0.05) is 31.4 Å². The molecule has 0 radical (unpaired) electrons. The maximum atomic E-state index is 12.0. The third-order valence-electron chi connectivity index (χ3n) is 3.56. The zero-order chi connectivity index (χ0) is 13.7. The number of nitrogens with one attached hydrogen (secondary N) is 1. The first-order chi connectivity index (χ1) is 9.19. The van der Waals surface area contributed by atoms with Gasteiger partial charge >= 0.3 is 0 Å². The van der Waals surface area contributed by atoms with Crippen LogP contribution in [0.2, 0.25) is 0 Å². The lowest BCUT2D eigenvalue weighted by Gasteiger charge is -2.29. The van der Waals surface area contributed by atoms with Gasteiger partial charge in [0.1, 0.15) is 0 Å². The first-order valence-electron chi connectivity index (χ1n) is 6.81. The highest BCUT2D eigenvalue weighted by Crippen LogP contribution is 2.14. The van der Waals surface area contributed by atoms with E-state index in [4.69, 9.17) is 5.73 Å². The fraction of sp³-hybridized carbons (Fsp3) is 0.571. The van der Waals surface area contributed by atoms with E-state index in [0.717, 1.165) is 25.3 Å². The molecular weight excluding hydrogens is 240 g/mol. The Morgan fingerprint density at radius 2 is 2.47 bits per heavy atom. The number of nitrogens with two attached hydrogens (primary N) is 1. The average molecular weight is 262 g/mol. The first kappa shape index (κ1) is 14.0. The van der Waals surface area contributed by atoms with Gasteiger partial charge in [0.25, 0.3) is 5.91 Å². The Hall–Kier alpha value is -1.46. The van der Waals surface area contributed by atoms with Crippen molar-refractivity contribution in [2.24, 2.45) is 11.7 Å². The van der Waals surface area contributed by atoms with Gasteiger partial charge in [-0.25, -0.2) is 0 Å². The number of hydrogen-bond donors (Lipinski definition) is 2. The van der Waals surface area contributed by atoms with Crippen LogP contribution in [0.15, 0.2) is 18.3 Å². The molecule has 2 heterocycles. The van der Waals surface area contributed by atoms with Crippen molar-refractivity contribution in [2.75, 3.05) is 26.7 Å². The van der Waals surface area contributed by atoms with E-state index in [1.807, 2.05) is 0 Å². The number of amides is 1. The van der Waals surface area contributed by atoms with Gasteiger partial charge in [0.05, 0.1) is 5.69 Å². The minimum atomic E-state index is -0.0367. The van der Waals surface area contributed by atoms with Gasteiger partial charge in [0.15, 0.2) is 0 Å². The van der Waals surface area contributed by atoms with Crippen LogP contribution < -0.4 is 11.1 Å². The molecule has 1 aliphatic heterocycles. The Bertz CT molecular complexity index is 435. The average Bonchev–Trinajstić information content (AvgIpc) is 2.45. The predicted octanol–water partition coefficient (Wildman–Crippen LogP) is 0.612. The van der Waals surface area contributed by atoms with Crippen LogP contribution in [-0.2, 0) is 6.54 Å². The normalized spacial score (nSPS) is 20.2. The fourth-order valence-corrected chi connectivity index (χ4v) is 2.51. The van der Waals surface area contributed by atoms with Crippen LogP contribution in [-0.4, -0.2) is 42.5 Å². The van der Waals surface area contributed by atoms with Crippen molar-refractivity contribution < 1.29 is 4.79 Å². The summed E-state index contributed by atoms with van der Waals surface area (Å²) in [5, 5.41) is 3.01. The highest BCUT2D eigenvalue weighted by Gasteiger charge is 2.18. The molecule has 104 valence electrons. The van der Waals surface area contributed by atoms with Gasteiger partial charge in [-0.05, 0) is 44.5 Å². The molecule has 2 rings (SSSR count). The zero-order valence-electron chi connectivity index (χ0n) is 11.4. The Balaban J connectivity index is 1.86. The number of carbonyl (C=O) groups excluding carboxylic acids is 1. The van der Waals surface area contributed by atoms with Crippen LogP contribution in [0.3, 0.4) is 0 Å². The molecule has 5 nitrogen and oxygen atoms in total. The molecule has 0 bridgehead atoms. The summed E-state index contributed by atoms with van der Waals surface area (Å²) in [4.78, 5) is 18.5. The van der Waals surface area contributed by atoms with Crippen molar-refractivity contribution in [3.63, 3.8) is 0 Å². The smallest absolute Gasteiger partial charge is 0.251 e. The van der Waals surface area contributed by atoms with E-state index >= 15 is 0 Å². The van der Waals surface area contributed by atoms with Gasteiger partial charge < -0.3 is 16.0 Å². The van der Waals surface area contributed by atoms with Crippen molar-refractivity contribution in [3.8, 4) is 0 Å². The van der Waals surface area contributed by atoms with E-state index in [-0.39, 0.29) is 5.91 Å². The second-order valence-electron chi connectivity index (χ2n) is 5.22. The first-order valence-corrected chi connectivity index (χ1v) is 6.81. The number of carbonyl (C=O) groups is 1. The summed E-state index contributed by atoms with van der Waals surface area (Å²) in [5.74, 6) is 0.517. The van der Waals surface area contributed by atoms with Gasteiger partial charge in [-0.15, -0.1) is 0 Å². The fourth-order valence-electron chi connectivity index (χ4n) is 2.51. The minimum Gasteiger partial charge on any atom is -0.352 e. The Labute approximate surface area is 114 Å². The molecule has 0 aliphatic carbocycles. The van der Waals surface area contributed by atoms with Crippen molar-refractivity contribution >= 4 is 5.91 Å². The summed E-state index contributed by atoms with van der Waals surface area (Å²) in [5.41, 5.74) is 6.90. The quantitative estimate of drug-likeness (QED) is 0.834. The summed E-state index contributed by atoms with van der Waals surface area (Å²) in [7, 11) is 2.13. The number of likely N-dealkylation sites (tertiary alicyclic amines) is 1. The van der Waals surface area contributed by atoms with E-state index in [2.05, 4.69) is 22.2 Å². The third kappa shape index (κ3) is 4.01. The summed E-state index contributed by atoms with van der Waals surface area (Å²) >= 11 is 0. The molecule has 1 atom stereocenters. The lowest BCUT2D eigenvalue weighted by atomic mass is 9.98. The van der Waals surface area contributed by atoms with E-state index in [1.54, 1.807) is 18.3 Å². The molecule has 0 aromatic carbocycles. The van der Waals surface area contributed by atoms with Crippen LogP contribution in [0.1, 0.15) is 28.9 Å². The van der Waals surface area contributed by atoms with Crippen molar-refractivity contribution in [1.29, 1.82) is 0 Å². The maximum absolute atomic E-state index is 12.0. The molecule has 1 aromatic heterocycles. The third-order valence-corrected chi connectivity index (χ3v) is 3.56. The molecule has 1 aliphatic rings. The highest BCUT2D eigenvalue weighted by atomic mass is 16.1. The number of pyridine rings is 1. The predicted molar refractivity (Wildman–Crippen MR) is 74.7 cm³/mol. The lowest BCUT2D eigenvalue weighted by molar-refractivity contribution is 0.0936. The van der Waals surface area contributed by atoms with Crippen molar-refractivity contribution in [3.05, 3.63) is 29.6 Å².